The third-order valence-corrected chi connectivity index (χ3v) is 2.79. The molecule has 5 heteroatoms. The molecular formula is C13H21N5. The molecule has 1 N–H and O–H groups in total. The lowest BCUT2D eigenvalue weighted by Crippen LogP contribution is -2.29. The van der Waals surface area contributed by atoms with Gasteiger partial charge in [-0.15, -0.1) is 0 Å². The Morgan fingerprint density at radius 1 is 1.50 bits per heavy atom. The number of nitrogens with one attached hydrogen (secondary N) is 1. The van der Waals surface area contributed by atoms with Crippen LogP contribution in [-0.2, 0) is 6.54 Å². The largest absolute Gasteiger partial charge is 0.370 e. The van der Waals surface area contributed by atoms with E-state index in [2.05, 4.69) is 26.3 Å². The number of aryl methyl sites for hydroxylation is 1. The molecule has 0 saturated carbocycles. The molecule has 0 aliphatic rings. The Labute approximate surface area is 109 Å². The number of hydrogen-bond donors (Lipinski definition) is 1. The first-order chi connectivity index (χ1) is 8.56. The summed E-state index contributed by atoms with van der Waals surface area (Å²) in [6.07, 6.45) is 0.516. The Bertz CT molecular complexity index is 424. The van der Waals surface area contributed by atoms with Gasteiger partial charge in [0.1, 0.15) is 11.6 Å². The van der Waals surface area contributed by atoms with Crippen molar-refractivity contribution in [2.75, 3.05) is 18.9 Å². The molecule has 0 aliphatic carbocycles. The first kappa shape index (κ1) is 14.4. The average molecular weight is 247 g/mol. The minimum Gasteiger partial charge on any atom is -0.370 e. The van der Waals surface area contributed by atoms with Gasteiger partial charge in [0.05, 0.1) is 19.0 Å². The van der Waals surface area contributed by atoms with E-state index >= 15 is 0 Å². The quantitative estimate of drug-likeness (QED) is 0.832. The second-order valence-corrected chi connectivity index (χ2v) is 4.47. The summed E-state index contributed by atoms with van der Waals surface area (Å²) in [5.41, 5.74) is 0.956. The van der Waals surface area contributed by atoms with Crippen molar-refractivity contribution in [3.63, 3.8) is 0 Å². The van der Waals surface area contributed by atoms with Crippen LogP contribution in [-0.4, -0.2) is 34.5 Å². The van der Waals surface area contributed by atoms with Crippen LogP contribution in [0.15, 0.2) is 6.07 Å². The standard InChI is InChI=1S/C13H21N5/c1-5-15-12-8-10(2)16-13(17-12)9-18(4)11(3)6-7-14/h8,11H,5-6,9H2,1-4H3,(H,15,16,17). The molecule has 1 rings (SSSR count). The fourth-order valence-electron chi connectivity index (χ4n) is 1.64. The molecule has 0 spiro atoms. The smallest absolute Gasteiger partial charge is 0.144 e. The van der Waals surface area contributed by atoms with Crippen molar-refractivity contribution in [3.05, 3.63) is 17.6 Å². The molecular weight excluding hydrogens is 226 g/mol. The van der Waals surface area contributed by atoms with E-state index in [1.54, 1.807) is 0 Å². The lowest BCUT2D eigenvalue weighted by Gasteiger charge is -2.21. The zero-order valence-corrected chi connectivity index (χ0v) is 11.6. The van der Waals surface area contributed by atoms with Crippen LogP contribution in [0.2, 0.25) is 0 Å². The molecule has 0 fully saturated rings. The van der Waals surface area contributed by atoms with Gasteiger partial charge in [0.25, 0.3) is 0 Å². The van der Waals surface area contributed by atoms with Gasteiger partial charge in [-0.3, -0.25) is 4.90 Å². The zero-order chi connectivity index (χ0) is 13.5. The number of nitriles is 1. The monoisotopic (exact) mass is 247 g/mol. The fraction of sp³-hybridized carbons (Fsp3) is 0.615. The molecule has 0 aliphatic heterocycles. The number of aromatic nitrogens is 2. The summed E-state index contributed by atoms with van der Waals surface area (Å²) in [6.45, 7) is 7.53. The molecule has 0 amide bonds. The molecule has 5 nitrogen and oxygen atoms in total. The first-order valence-corrected chi connectivity index (χ1v) is 6.22. The van der Waals surface area contributed by atoms with E-state index in [1.807, 2.05) is 33.9 Å². The topological polar surface area (TPSA) is 64.8 Å². The maximum Gasteiger partial charge on any atom is 0.144 e. The Balaban J connectivity index is 2.74. The maximum atomic E-state index is 8.69. The van der Waals surface area contributed by atoms with Crippen molar-refractivity contribution in [3.8, 4) is 6.07 Å². The van der Waals surface area contributed by atoms with Crippen LogP contribution in [0.25, 0.3) is 0 Å². The summed E-state index contributed by atoms with van der Waals surface area (Å²) in [5, 5.41) is 11.9. The highest BCUT2D eigenvalue weighted by atomic mass is 15.2. The molecule has 1 atom stereocenters. The van der Waals surface area contributed by atoms with Gasteiger partial charge < -0.3 is 5.32 Å². The molecule has 0 saturated heterocycles. The maximum absolute atomic E-state index is 8.69. The van der Waals surface area contributed by atoms with E-state index < -0.39 is 0 Å². The van der Waals surface area contributed by atoms with E-state index in [9.17, 15) is 0 Å². The van der Waals surface area contributed by atoms with Crippen molar-refractivity contribution < 1.29 is 0 Å². The third-order valence-electron chi connectivity index (χ3n) is 2.79. The highest BCUT2D eigenvalue weighted by Crippen LogP contribution is 2.09. The second-order valence-electron chi connectivity index (χ2n) is 4.47. The minimum absolute atomic E-state index is 0.210. The minimum atomic E-state index is 0.210. The molecule has 1 aromatic heterocycles. The summed E-state index contributed by atoms with van der Waals surface area (Å²) >= 11 is 0. The molecule has 0 bridgehead atoms. The van der Waals surface area contributed by atoms with E-state index in [0.29, 0.717) is 13.0 Å². The van der Waals surface area contributed by atoms with Crippen LogP contribution in [0, 0.1) is 18.3 Å². The predicted molar refractivity (Wildman–Crippen MR) is 72.1 cm³/mol. The summed E-state index contributed by atoms with van der Waals surface area (Å²) in [7, 11) is 1.99. The SMILES string of the molecule is CCNc1cc(C)nc(CN(C)C(C)CC#N)n1. The van der Waals surface area contributed by atoms with Crippen LogP contribution in [0.1, 0.15) is 31.8 Å². The van der Waals surface area contributed by atoms with Gasteiger partial charge in [-0.2, -0.15) is 5.26 Å². The lowest BCUT2D eigenvalue weighted by atomic mass is 10.2. The van der Waals surface area contributed by atoms with Gasteiger partial charge >= 0.3 is 0 Å². The highest BCUT2D eigenvalue weighted by molar-refractivity contribution is 5.35. The molecule has 0 aromatic carbocycles. The van der Waals surface area contributed by atoms with E-state index in [1.165, 1.54) is 0 Å². The van der Waals surface area contributed by atoms with Gasteiger partial charge in [-0.25, -0.2) is 9.97 Å². The van der Waals surface area contributed by atoms with Crippen LogP contribution < -0.4 is 5.32 Å². The fourth-order valence-corrected chi connectivity index (χ4v) is 1.64. The van der Waals surface area contributed by atoms with Crippen molar-refractivity contribution in [2.45, 2.75) is 39.8 Å². The Morgan fingerprint density at radius 3 is 2.83 bits per heavy atom. The van der Waals surface area contributed by atoms with E-state index in [4.69, 9.17) is 5.26 Å². The lowest BCUT2D eigenvalue weighted by molar-refractivity contribution is 0.246. The van der Waals surface area contributed by atoms with E-state index in [-0.39, 0.29) is 6.04 Å². The Kier molecular flexibility index (Phi) is 5.53. The first-order valence-electron chi connectivity index (χ1n) is 6.22. The molecule has 0 radical (unpaired) electrons. The summed E-state index contributed by atoms with van der Waals surface area (Å²) in [6, 6.07) is 4.33. The van der Waals surface area contributed by atoms with Crippen molar-refractivity contribution in [1.29, 1.82) is 5.26 Å². The van der Waals surface area contributed by atoms with E-state index in [0.717, 1.165) is 23.9 Å². The summed E-state index contributed by atoms with van der Waals surface area (Å²) in [5.74, 6) is 1.65. The van der Waals surface area contributed by atoms with Crippen molar-refractivity contribution in [1.82, 2.24) is 14.9 Å². The molecule has 1 unspecified atom stereocenters. The summed E-state index contributed by atoms with van der Waals surface area (Å²) in [4.78, 5) is 11.0. The average Bonchev–Trinajstić information content (AvgIpc) is 2.28. The second kappa shape index (κ2) is 6.92. The van der Waals surface area contributed by atoms with Crippen molar-refractivity contribution >= 4 is 5.82 Å². The van der Waals surface area contributed by atoms with Gasteiger partial charge in [0.2, 0.25) is 0 Å². The number of nitrogens with zero attached hydrogens (tertiary/aromatic N) is 4. The van der Waals surface area contributed by atoms with Crippen LogP contribution in [0.4, 0.5) is 5.82 Å². The van der Waals surface area contributed by atoms with Gasteiger partial charge in [0, 0.05) is 24.3 Å². The van der Waals surface area contributed by atoms with Gasteiger partial charge in [-0.05, 0) is 27.8 Å². The molecule has 18 heavy (non-hydrogen) atoms. The van der Waals surface area contributed by atoms with Crippen LogP contribution >= 0.6 is 0 Å². The van der Waals surface area contributed by atoms with Crippen molar-refractivity contribution in [2.24, 2.45) is 0 Å². The number of rotatable bonds is 6. The van der Waals surface area contributed by atoms with Crippen LogP contribution in [0.3, 0.4) is 0 Å². The zero-order valence-electron chi connectivity index (χ0n) is 11.6. The molecule has 1 heterocycles. The number of anilines is 1. The Morgan fingerprint density at radius 2 is 2.22 bits per heavy atom. The molecule has 1 aromatic rings. The third kappa shape index (κ3) is 4.30. The molecule has 98 valence electrons. The highest BCUT2D eigenvalue weighted by Gasteiger charge is 2.11. The Hall–Kier alpha value is -1.67. The van der Waals surface area contributed by atoms with Crippen LogP contribution in [0.5, 0.6) is 0 Å². The summed E-state index contributed by atoms with van der Waals surface area (Å²) < 4.78 is 0. The van der Waals surface area contributed by atoms with Gasteiger partial charge in [-0.1, -0.05) is 0 Å². The number of hydrogen-bond acceptors (Lipinski definition) is 5. The van der Waals surface area contributed by atoms with Gasteiger partial charge in [0.15, 0.2) is 0 Å². The normalized spacial score (nSPS) is 12.2. The predicted octanol–water partition coefficient (Wildman–Crippen LogP) is 1.95.